The lowest BCUT2D eigenvalue weighted by Gasteiger charge is -2.24. The molecule has 162 valence electrons. The fraction of sp³-hybridized carbons (Fsp3) is 0.750. The van der Waals surface area contributed by atoms with E-state index in [0.29, 0.717) is 12.8 Å². The Kier molecular flexibility index (Phi) is 15.5. The van der Waals surface area contributed by atoms with Crippen LogP contribution in [0.15, 0.2) is 24.3 Å². The van der Waals surface area contributed by atoms with Gasteiger partial charge in [0.1, 0.15) is 0 Å². The van der Waals surface area contributed by atoms with Gasteiger partial charge in [-0.15, -0.1) is 6.58 Å². The first kappa shape index (κ1) is 26.4. The van der Waals surface area contributed by atoms with E-state index in [9.17, 15) is 9.59 Å². The molecule has 0 aromatic carbocycles. The topological polar surface area (TPSA) is 52.6 Å². The summed E-state index contributed by atoms with van der Waals surface area (Å²) in [5, 5.41) is 0. The highest BCUT2D eigenvalue weighted by Gasteiger charge is 2.18. The zero-order valence-corrected chi connectivity index (χ0v) is 18.7. The molecule has 0 aromatic rings. The Balaban J connectivity index is 3.95. The van der Waals surface area contributed by atoms with Crippen LogP contribution in [-0.4, -0.2) is 26.2 Å². The Bertz CT molecular complexity index is 481. The molecule has 0 heterocycles. The smallest absolute Gasteiger partial charge is 0.305 e. The lowest BCUT2D eigenvalue weighted by molar-refractivity contribution is -0.141. The van der Waals surface area contributed by atoms with E-state index in [2.05, 4.69) is 42.1 Å². The van der Waals surface area contributed by atoms with E-state index in [-0.39, 0.29) is 17.4 Å². The summed E-state index contributed by atoms with van der Waals surface area (Å²) in [4.78, 5) is 22.2. The maximum absolute atomic E-state index is 11.1. The van der Waals surface area contributed by atoms with E-state index in [1.165, 1.54) is 26.2 Å². The highest BCUT2D eigenvalue weighted by atomic mass is 16.5. The van der Waals surface area contributed by atoms with E-state index in [1.54, 1.807) is 0 Å². The molecule has 0 N–H and O–H groups in total. The molecule has 0 saturated heterocycles. The van der Waals surface area contributed by atoms with Crippen molar-refractivity contribution in [2.45, 2.75) is 97.3 Å². The standard InChI is InChI=1S/C24H42O4/c1-6-24(3,19-14-10-9-13-17-23(26)28-5)20-18-21(2)15-11-7-8-12-16-22(25)27-4/h6,18H,1,7-17,19-20H2,2-5H3/b21-18+. The van der Waals surface area contributed by atoms with Gasteiger partial charge in [-0.1, -0.05) is 56.8 Å². The number of ether oxygens (including phenoxy) is 2. The summed E-state index contributed by atoms with van der Waals surface area (Å²) in [6.45, 7) is 8.54. The van der Waals surface area contributed by atoms with Gasteiger partial charge in [-0.3, -0.25) is 9.59 Å². The van der Waals surface area contributed by atoms with Gasteiger partial charge in [0.05, 0.1) is 14.2 Å². The van der Waals surface area contributed by atoms with Gasteiger partial charge in [0.25, 0.3) is 0 Å². The molecule has 0 aliphatic rings. The molecule has 4 heteroatoms. The molecule has 0 saturated carbocycles. The van der Waals surface area contributed by atoms with Gasteiger partial charge >= 0.3 is 11.9 Å². The van der Waals surface area contributed by atoms with Gasteiger partial charge < -0.3 is 9.47 Å². The van der Waals surface area contributed by atoms with Gasteiger partial charge in [-0.05, 0) is 50.9 Å². The number of rotatable bonds is 17. The monoisotopic (exact) mass is 394 g/mol. The lowest BCUT2D eigenvalue weighted by Crippen LogP contribution is -2.11. The highest BCUT2D eigenvalue weighted by molar-refractivity contribution is 5.69. The van der Waals surface area contributed by atoms with Crippen molar-refractivity contribution < 1.29 is 19.1 Å². The second kappa shape index (κ2) is 16.4. The zero-order valence-electron chi connectivity index (χ0n) is 18.7. The van der Waals surface area contributed by atoms with Crippen molar-refractivity contribution in [1.82, 2.24) is 0 Å². The molecule has 0 fully saturated rings. The number of methoxy groups -OCH3 is 2. The summed E-state index contributed by atoms with van der Waals surface area (Å²) in [6, 6.07) is 0. The average molecular weight is 395 g/mol. The Morgan fingerprint density at radius 3 is 1.75 bits per heavy atom. The number of allylic oxidation sites excluding steroid dienone is 3. The summed E-state index contributed by atoms with van der Waals surface area (Å²) in [5.41, 5.74) is 1.59. The van der Waals surface area contributed by atoms with Crippen molar-refractivity contribution in [2.75, 3.05) is 14.2 Å². The first-order valence-electron chi connectivity index (χ1n) is 10.8. The van der Waals surface area contributed by atoms with Gasteiger partial charge in [0.15, 0.2) is 0 Å². The fourth-order valence-corrected chi connectivity index (χ4v) is 3.18. The molecule has 0 amide bonds. The summed E-state index contributed by atoms with van der Waals surface area (Å²) in [7, 11) is 2.89. The molecular weight excluding hydrogens is 352 g/mol. The summed E-state index contributed by atoms with van der Waals surface area (Å²) < 4.78 is 9.32. The fourth-order valence-electron chi connectivity index (χ4n) is 3.18. The van der Waals surface area contributed by atoms with Gasteiger partial charge in [-0.2, -0.15) is 0 Å². The van der Waals surface area contributed by atoms with E-state index >= 15 is 0 Å². The maximum atomic E-state index is 11.1. The minimum Gasteiger partial charge on any atom is -0.469 e. The van der Waals surface area contributed by atoms with Crippen molar-refractivity contribution in [3.63, 3.8) is 0 Å². The SMILES string of the molecule is C=CC(C)(C/C=C(\C)CCCCCCC(=O)OC)CCCCCCC(=O)OC. The van der Waals surface area contributed by atoms with Crippen LogP contribution in [0, 0.1) is 5.41 Å². The van der Waals surface area contributed by atoms with Crippen molar-refractivity contribution in [2.24, 2.45) is 5.41 Å². The summed E-state index contributed by atoms with van der Waals surface area (Å²) >= 11 is 0. The van der Waals surface area contributed by atoms with E-state index in [0.717, 1.165) is 64.2 Å². The number of esters is 2. The number of unbranched alkanes of at least 4 members (excludes halogenated alkanes) is 6. The number of carbonyl (C=O) groups excluding carboxylic acids is 2. The van der Waals surface area contributed by atoms with Crippen molar-refractivity contribution in [3.8, 4) is 0 Å². The molecule has 0 aromatic heterocycles. The zero-order chi connectivity index (χ0) is 21.3. The third-order valence-corrected chi connectivity index (χ3v) is 5.45. The third-order valence-electron chi connectivity index (χ3n) is 5.45. The molecule has 1 unspecified atom stereocenters. The van der Waals surface area contributed by atoms with Crippen LogP contribution in [0.25, 0.3) is 0 Å². The second-order valence-electron chi connectivity index (χ2n) is 8.09. The Morgan fingerprint density at radius 2 is 1.29 bits per heavy atom. The first-order valence-corrected chi connectivity index (χ1v) is 10.8. The van der Waals surface area contributed by atoms with Crippen LogP contribution in [0.1, 0.15) is 97.3 Å². The number of hydrogen-bond donors (Lipinski definition) is 0. The summed E-state index contributed by atoms with van der Waals surface area (Å²) in [6.07, 6.45) is 17.5. The Hall–Kier alpha value is -1.58. The van der Waals surface area contributed by atoms with E-state index in [1.807, 2.05) is 0 Å². The molecule has 28 heavy (non-hydrogen) atoms. The molecule has 0 aliphatic heterocycles. The third kappa shape index (κ3) is 14.5. The molecule has 1 atom stereocenters. The molecule has 0 bridgehead atoms. The Labute approximate surface area is 172 Å². The van der Waals surface area contributed by atoms with E-state index in [4.69, 9.17) is 0 Å². The molecular formula is C24H42O4. The first-order chi connectivity index (χ1) is 13.4. The number of carbonyl (C=O) groups is 2. The van der Waals surface area contributed by atoms with Gasteiger partial charge in [-0.25, -0.2) is 0 Å². The maximum Gasteiger partial charge on any atom is 0.305 e. The second-order valence-corrected chi connectivity index (χ2v) is 8.09. The molecule has 0 rings (SSSR count). The predicted octanol–water partition coefficient (Wildman–Crippen LogP) is 6.54. The lowest BCUT2D eigenvalue weighted by atomic mass is 9.81. The van der Waals surface area contributed by atoms with Crippen LogP contribution < -0.4 is 0 Å². The van der Waals surface area contributed by atoms with Crippen molar-refractivity contribution in [3.05, 3.63) is 24.3 Å². The van der Waals surface area contributed by atoms with Crippen LogP contribution in [0.2, 0.25) is 0 Å². The molecule has 4 nitrogen and oxygen atoms in total. The van der Waals surface area contributed by atoms with Gasteiger partial charge in [0, 0.05) is 12.8 Å². The van der Waals surface area contributed by atoms with Crippen LogP contribution in [0.3, 0.4) is 0 Å². The van der Waals surface area contributed by atoms with E-state index < -0.39 is 0 Å². The largest absolute Gasteiger partial charge is 0.469 e. The Morgan fingerprint density at radius 1 is 0.821 bits per heavy atom. The van der Waals surface area contributed by atoms with Crippen LogP contribution in [-0.2, 0) is 19.1 Å². The van der Waals surface area contributed by atoms with Gasteiger partial charge in [0.2, 0.25) is 0 Å². The molecule has 0 aliphatic carbocycles. The molecule has 0 radical (unpaired) electrons. The minimum absolute atomic E-state index is 0.108. The van der Waals surface area contributed by atoms with Crippen LogP contribution >= 0.6 is 0 Å². The predicted molar refractivity (Wildman–Crippen MR) is 116 cm³/mol. The van der Waals surface area contributed by atoms with Crippen LogP contribution in [0.5, 0.6) is 0 Å². The quantitative estimate of drug-likeness (QED) is 0.160. The highest BCUT2D eigenvalue weighted by Crippen LogP contribution is 2.31. The summed E-state index contributed by atoms with van der Waals surface area (Å²) in [5.74, 6) is -0.219. The minimum atomic E-state index is -0.111. The average Bonchev–Trinajstić information content (AvgIpc) is 2.70. The normalized spacial score (nSPS) is 13.6. The van der Waals surface area contributed by atoms with Crippen molar-refractivity contribution in [1.29, 1.82) is 0 Å². The number of hydrogen-bond acceptors (Lipinski definition) is 4. The van der Waals surface area contributed by atoms with Crippen molar-refractivity contribution >= 4 is 11.9 Å². The van der Waals surface area contributed by atoms with Crippen LogP contribution in [0.4, 0.5) is 0 Å². The molecule has 0 spiro atoms.